The molecule has 3 aromatic carbocycles. The SMILES string of the molecule is CC(C)[C@H](NC(=O)[C@@H]1CSSC(C)(C)[C@H](NC(=O)[C@H](CC(=O)O)NC(=O)[C@@H]2CCCN2C(=O)[C@@H](NC(=O)[C@H](C)N)[C@@H](C)O)C(=O)N[C@@H](Cc2ccccc2)C(=O)N[C@H](Cc2c[nH]c3ccccc23)C(=O)N[C@@H](CCCN)C(=O)N[C@@H](Cc2ccc(O)cc2)C(=O)N1)C(=O)O. The molecular weight excluding hydrogens is 1260 g/mol. The van der Waals surface area contributed by atoms with E-state index in [9.17, 15) is 63.6 Å². The maximum atomic E-state index is 15.5. The lowest BCUT2D eigenvalue weighted by molar-refractivity contribution is -0.145. The van der Waals surface area contributed by atoms with E-state index in [1.54, 1.807) is 74.6 Å². The molecule has 2 fully saturated rings. The van der Waals surface area contributed by atoms with E-state index >= 15 is 14.4 Å². The summed E-state index contributed by atoms with van der Waals surface area (Å²) in [6.07, 6.45) is -1.31. The zero-order valence-electron chi connectivity index (χ0n) is 53.0. The molecule has 2 aliphatic rings. The molecule has 0 spiro atoms. The van der Waals surface area contributed by atoms with Crippen molar-refractivity contribution in [2.75, 3.05) is 18.8 Å². The Morgan fingerprint density at radius 1 is 0.691 bits per heavy atom. The second-order valence-corrected chi connectivity index (χ2v) is 27.2. The zero-order chi connectivity index (χ0) is 69.1. The number of aromatic hydroxyl groups is 1. The second kappa shape index (κ2) is 34.4. The van der Waals surface area contributed by atoms with Gasteiger partial charge in [-0.25, -0.2) is 4.79 Å². The van der Waals surface area contributed by atoms with Crippen molar-refractivity contribution in [3.05, 3.63) is 102 Å². The minimum atomic E-state index is -1.97. The molecule has 3 heterocycles. The third-order valence-electron chi connectivity index (χ3n) is 15.9. The number of aromatic nitrogens is 1. The number of carbonyl (C=O) groups excluding carboxylic acids is 10. The Labute approximate surface area is 550 Å². The summed E-state index contributed by atoms with van der Waals surface area (Å²) >= 11 is 0. The average molecular weight is 1340 g/mol. The molecule has 0 bridgehead atoms. The van der Waals surface area contributed by atoms with Crippen molar-refractivity contribution in [1.82, 2.24) is 57.7 Å². The van der Waals surface area contributed by atoms with Crippen LogP contribution in [-0.4, -0.2) is 197 Å². The van der Waals surface area contributed by atoms with Gasteiger partial charge in [-0.05, 0) is 101 Å². The molecule has 94 heavy (non-hydrogen) atoms. The lowest BCUT2D eigenvalue weighted by Gasteiger charge is -2.35. The molecule has 0 unspecified atom stereocenters. The first kappa shape index (κ1) is 74.3. The molecule has 2 saturated heterocycles. The number of carboxylic acids is 2. The number of benzene rings is 3. The largest absolute Gasteiger partial charge is 0.508 e. The zero-order valence-corrected chi connectivity index (χ0v) is 54.6. The Morgan fingerprint density at radius 3 is 1.86 bits per heavy atom. The first-order valence-corrected chi connectivity index (χ1v) is 33.1. The van der Waals surface area contributed by atoms with Crippen LogP contribution in [0, 0.1) is 5.92 Å². The predicted molar refractivity (Wildman–Crippen MR) is 349 cm³/mol. The van der Waals surface area contributed by atoms with Gasteiger partial charge in [0.15, 0.2) is 0 Å². The van der Waals surface area contributed by atoms with Gasteiger partial charge in [-0.15, -0.1) is 0 Å². The van der Waals surface area contributed by atoms with Gasteiger partial charge in [-0.2, -0.15) is 0 Å². The monoisotopic (exact) mass is 1340 g/mol. The van der Waals surface area contributed by atoms with Gasteiger partial charge in [0.25, 0.3) is 0 Å². The topological polar surface area (TPSA) is 465 Å². The number of aromatic amines is 1. The minimum Gasteiger partial charge on any atom is -0.508 e. The molecule has 0 saturated carbocycles. The molecule has 0 aliphatic carbocycles. The Balaban J connectivity index is 1.46. The van der Waals surface area contributed by atoms with Gasteiger partial charge >= 0.3 is 11.9 Å². The quantitative estimate of drug-likeness (QED) is 0.0401. The standard InChI is InChI=1S/C63H85N13O16S2/c1-32(2)49(62(91)92)73-58(87)46-31-93-94-63(5,6)51(75-57(86)45(29-48(79)80)70-59(88)47-19-13-25-76(47)61(90)50(34(4)77)74-52(81)33(3)65)60(89)71-43(26-35-14-8-7-9-15-35)54(83)69-44(28-37-30-66-40-17-11-10-16-39(37)40)56(85)67-41(18-12-24-64)53(82)68-42(55(84)72-46)27-36-20-22-38(78)23-21-36/h7-11,14-17,20-23,30,32-34,41-47,49-51,66,77-78H,12-13,18-19,24-29,31,64-65H2,1-6H3,(H,67,85)(H,68,82)(H,69,83)(H,70,88)(H,71,89)(H,72,84)(H,73,87)(H,74,81)(H,75,86)(H,79,80)(H,91,92)/t33-,34+,41-,42-,43-,44+,45-,46-,47-,49-,50-,51+/m0/s1. The number of fused-ring (bicyclic) bond motifs is 1. The van der Waals surface area contributed by atoms with Crippen LogP contribution in [0.25, 0.3) is 10.9 Å². The number of aliphatic hydroxyl groups is 1. The number of rotatable bonds is 23. The van der Waals surface area contributed by atoms with Crippen LogP contribution in [0.1, 0.15) is 90.3 Å². The van der Waals surface area contributed by atoms with E-state index in [2.05, 4.69) is 52.8 Å². The maximum absolute atomic E-state index is 15.5. The van der Waals surface area contributed by atoms with Crippen molar-refractivity contribution >= 4 is 104 Å². The van der Waals surface area contributed by atoms with Crippen LogP contribution in [0.2, 0.25) is 0 Å². The van der Waals surface area contributed by atoms with E-state index in [1.807, 2.05) is 0 Å². The third-order valence-corrected chi connectivity index (χ3v) is 19.2. The first-order valence-electron chi connectivity index (χ1n) is 30.8. The van der Waals surface area contributed by atoms with Gasteiger partial charge in [0.1, 0.15) is 66.2 Å². The number of H-pyrrole nitrogens is 1. The van der Waals surface area contributed by atoms with Gasteiger partial charge in [0.2, 0.25) is 59.1 Å². The number of carboxylic acid groups (broad SMARTS) is 2. The second-order valence-electron chi connectivity index (χ2n) is 24.2. The number of amides is 10. The fourth-order valence-corrected chi connectivity index (χ4v) is 13.5. The fraction of sp³-hybridized carbons (Fsp3) is 0.492. The van der Waals surface area contributed by atoms with E-state index in [4.69, 9.17) is 11.5 Å². The molecule has 6 rings (SSSR count). The van der Waals surface area contributed by atoms with Gasteiger partial charge in [-0.1, -0.05) is 96.1 Å². The number of hydrogen-bond donors (Lipinski definition) is 16. The summed E-state index contributed by atoms with van der Waals surface area (Å²) in [5.41, 5.74) is 13.8. The maximum Gasteiger partial charge on any atom is 0.326 e. The molecule has 4 aromatic rings. The highest BCUT2D eigenvalue weighted by molar-refractivity contribution is 8.77. The van der Waals surface area contributed by atoms with E-state index < -0.39 is 166 Å². The lowest BCUT2D eigenvalue weighted by atomic mass is 9.98. The summed E-state index contributed by atoms with van der Waals surface area (Å²) in [4.78, 5) is 175. The van der Waals surface area contributed by atoms with Gasteiger partial charge in [-0.3, -0.25) is 52.7 Å². The van der Waals surface area contributed by atoms with Crippen LogP contribution in [0.5, 0.6) is 5.75 Å². The summed E-state index contributed by atoms with van der Waals surface area (Å²) in [6, 6.07) is 4.24. The van der Waals surface area contributed by atoms with Crippen LogP contribution in [0.15, 0.2) is 85.1 Å². The Morgan fingerprint density at radius 2 is 1.27 bits per heavy atom. The Hall–Kier alpha value is -8.78. The third kappa shape index (κ3) is 20.9. The van der Waals surface area contributed by atoms with Crippen LogP contribution in [-0.2, 0) is 76.8 Å². The lowest BCUT2D eigenvalue weighted by Crippen LogP contribution is -2.64. The highest BCUT2D eigenvalue weighted by Crippen LogP contribution is 2.39. The normalized spacial score (nSPS) is 22.5. The number of nitrogens with zero attached hydrogens (tertiary/aromatic N) is 1. The van der Waals surface area contributed by atoms with Crippen molar-refractivity contribution in [2.24, 2.45) is 17.4 Å². The van der Waals surface area contributed by atoms with Crippen LogP contribution in [0.3, 0.4) is 0 Å². The highest BCUT2D eigenvalue weighted by atomic mass is 33.1. The van der Waals surface area contributed by atoms with Gasteiger partial charge in [0.05, 0.1) is 18.6 Å². The summed E-state index contributed by atoms with van der Waals surface area (Å²) in [5.74, 6) is -13.8. The smallest absolute Gasteiger partial charge is 0.326 e. The van der Waals surface area contributed by atoms with Gasteiger partial charge in [0, 0.05) is 53.4 Å². The number of carbonyl (C=O) groups is 12. The van der Waals surface area contributed by atoms with Crippen LogP contribution in [0.4, 0.5) is 0 Å². The predicted octanol–water partition coefficient (Wildman–Crippen LogP) is -0.889. The van der Waals surface area contributed by atoms with Crippen molar-refractivity contribution < 1.29 is 78.0 Å². The number of phenolic OH excluding ortho intramolecular Hbond substituents is 1. The number of hydrogen-bond acceptors (Lipinski definition) is 18. The number of aliphatic hydroxyl groups excluding tert-OH is 1. The number of nitrogens with one attached hydrogen (secondary N) is 10. The van der Waals surface area contributed by atoms with Gasteiger partial charge < -0.3 is 89.6 Å². The summed E-state index contributed by atoms with van der Waals surface area (Å²) < 4.78 is -1.63. The number of phenols is 1. The fourth-order valence-electron chi connectivity index (χ4n) is 10.7. The average Bonchev–Trinajstić information content (AvgIpc) is 1.03. The number of nitrogens with two attached hydrogens (primary N) is 2. The summed E-state index contributed by atoms with van der Waals surface area (Å²) in [7, 11) is 1.72. The van der Waals surface area contributed by atoms with E-state index in [-0.39, 0.29) is 63.8 Å². The summed E-state index contributed by atoms with van der Waals surface area (Å²) in [5, 5.41) is 65.3. The van der Waals surface area contributed by atoms with Crippen molar-refractivity contribution in [1.29, 1.82) is 0 Å². The number of aliphatic carboxylic acids is 2. The number of para-hydroxylation sites is 1. The van der Waals surface area contributed by atoms with E-state index in [0.717, 1.165) is 26.5 Å². The Bertz CT molecular complexity index is 3370. The van der Waals surface area contributed by atoms with E-state index in [0.29, 0.717) is 27.6 Å². The van der Waals surface area contributed by atoms with Crippen molar-refractivity contribution in [2.45, 2.75) is 170 Å². The molecule has 29 nitrogen and oxygen atoms in total. The van der Waals surface area contributed by atoms with Crippen molar-refractivity contribution in [3.8, 4) is 5.75 Å². The molecule has 510 valence electrons. The molecule has 2 aliphatic heterocycles. The molecule has 31 heteroatoms. The first-order chi connectivity index (χ1) is 44.5. The highest BCUT2D eigenvalue weighted by Gasteiger charge is 2.45. The molecule has 12 atom stereocenters. The molecule has 1 aromatic heterocycles. The Kier molecular flexibility index (Phi) is 27.2. The number of likely N-dealkylation sites (tertiary alicyclic amines) is 1. The summed E-state index contributed by atoms with van der Waals surface area (Å²) in [6.45, 7) is 8.63. The van der Waals surface area contributed by atoms with Crippen LogP contribution >= 0.6 is 21.6 Å². The molecular formula is C63H85N13O16S2. The van der Waals surface area contributed by atoms with Crippen LogP contribution < -0.4 is 59.3 Å². The van der Waals surface area contributed by atoms with E-state index in [1.165, 1.54) is 52.0 Å². The minimum absolute atomic E-state index is 0.00429. The molecule has 10 amide bonds. The molecule has 18 N–H and O–H groups in total. The molecule has 0 radical (unpaired) electrons. The van der Waals surface area contributed by atoms with Crippen molar-refractivity contribution in [3.63, 3.8) is 0 Å².